The van der Waals surface area contributed by atoms with Crippen LogP contribution in [-0.2, 0) is 9.59 Å². The number of anilines is 1. The summed E-state index contributed by atoms with van der Waals surface area (Å²) in [6, 6.07) is 9.29. The van der Waals surface area contributed by atoms with Crippen LogP contribution in [0.3, 0.4) is 0 Å². The molecule has 110 valence electrons. The smallest absolute Gasteiger partial charge is 0.307 e. The third-order valence-corrected chi connectivity index (χ3v) is 3.11. The summed E-state index contributed by atoms with van der Waals surface area (Å²) >= 11 is 0. The molecule has 0 saturated carbocycles. The lowest BCUT2D eigenvalue weighted by atomic mass is 10.1. The van der Waals surface area contributed by atoms with E-state index in [9.17, 15) is 9.59 Å². The highest BCUT2D eigenvalue weighted by molar-refractivity contribution is 5.90. The van der Waals surface area contributed by atoms with Gasteiger partial charge < -0.3 is 15.3 Å². The minimum absolute atomic E-state index is 0.0578. The number of nitrogens with zero attached hydrogens (tertiary/aromatic N) is 1. The summed E-state index contributed by atoms with van der Waals surface area (Å²) < 4.78 is 0. The normalized spacial score (nSPS) is 12.2. The van der Waals surface area contributed by atoms with Crippen molar-refractivity contribution in [2.45, 2.75) is 20.3 Å². The molecule has 0 heterocycles. The zero-order valence-corrected chi connectivity index (χ0v) is 12.0. The van der Waals surface area contributed by atoms with E-state index in [0.29, 0.717) is 19.5 Å². The molecule has 0 aromatic heterocycles. The molecular formula is C15H22N2O3. The second kappa shape index (κ2) is 8.32. The predicted molar refractivity (Wildman–Crippen MR) is 78.6 cm³/mol. The SMILES string of the molecule is CCN(CCC(=O)Nc1ccccc1)CC(C)C(=O)O. The van der Waals surface area contributed by atoms with Crippen molar-refractivity contribution >= 4 is 17.6 Å². The van der Waals surface area contributed by atoms with Gasteiger partial charge in [-0.1, -0.05) is 32.0 Å². The molecule has 0 spiro atoms. The number of carboxylic acids is 1. The number of benzene rings is 1. The second-order valence-electron chi connectivity index (χ2n) is 4.80. The van der Waals surface area contributed by atoms with Gasteiger partial charge in [0.25, 0.3) is 0 Å². The number of amides is 1. The molecule has 1 aromatic rings. The third-order valence-electron chi connectivity index (χ3n) is 3.11. The van der Waals surface area contributed by atoms with Crippen LogP contribution in [0.15, 0.2) is 30.3 Å². The van der Waals surface area contributed by atoms with Gasteiger partial charge >= 0.3 is 5.97 Å². The zero-order chi connectivity index (χ0) is 15.0. The lowest BCUT2D eigenvalue weighted by Gasteiger charge is -2.22. The van der Waals surface area contributed by atoms with E-state index in [1.54, 1.807) is 6.92 Å². The Bertz CT molecular complexity index is 434. The Balaban J connectivity index is 2.36. The van der Waals surface area contributed by atoms with Crippen LogP contribution in [0.5, 0.6) is 0 Å². The zero-order valence-electron chi connectivity index (χ0n) is 12.0. The van der Waals surface area contributed by atoms with E-state index in [2.05, 4.69) is 5.32 Å². The van der Waals surface area contributed by atoms with E-state index in [4.69, 9.17) is 5.11 Å². The van der Waals surface area contributed by atoms with Crippen molar-refractivity contribution in [2.24, 2.45) is 5.92 Å². The first kappa shape index (κ1) is 16.2. The maximum atomic E-state index is 11.8. The van der Waals surface area contributed by atoms with Gasteiger partial charge in [-0.2, -0.15) is 0 Å². The Hall–Kier alpha value is -1.88. The fourth-order valence-corrected chi connectivity index (χ4v) is 1.85. The van der Waals surface area contributed by atoms with Gasteiger partial charge in [-0.15, -0.1) is 0 Å². The minimum Gasteiger partial charge on any atom is -0.481 e. The molecular weight excluding hydrogens is 256 g/mol. The van der Waals surface area contributed by atoms with Gasteiger partial charge in [0.15, 0.2) is 0 Å². The number of carbonyl (C=O) groups is 2. The predicted octanol–water partition coefficient (Wildman–Crippen LogP) is 2.06. The fraction of sp³-hybridized carbons (Fsp3) is 0.467. The van der Waals surface area contributed by atoms with Crippen LogP contribution in [0.1, 0.15) is 20.3 Å². The molecule has 0 aliphatic heterocycles. The second-order valence-corrected chi connectivity index (χ2v) is 4.80. The van der Waals surface area contributed by atoms with E-state index in [0.717, 1.165) is 12.2 Å². The van der Waals surface area contributed by atoms with Crippen LogP contribution in [-0.4, -0.2) is 41.5 Å². The average Bonchev–Trinajstić information content (AvgIpc) is 2.44. The Kier molecular flexibility index (Phi) is 6.73. The first-order valence-electron chi connectivity index (χ1n) is 6.83. The van der Waals surface area contributed by atoms with Crippen LogP contribution in [0.2, 0.25) is 0 Å². The van der Waals surface area contributed by atoms with Gasteiger partial charge in [-0.05, 0) is 18.7 Å². The van der Waals surface area contributed by atoms with E-state index >= 15 is 0 Å². The summed E-state index contributed by atoms with van der Waals surface area (Å²) in [4.78, 5) is 24.6. The Morgan fingerprint density at radius 1 is 1.30 bits per heavy atom. The molecule has 1 atom stereocenters. The van der Waals surface area contributed by atoms with Crippen molar-refractivity contribution in [2.75, 3.05) is 25.0 Å². The summed E-state index contributed by atoms with van der Waals surface area (Å²) in [6.45, 7) is 5.40. The fourth-order valence-electron chi connectivity index (χ4n) is 1.85. The van der Waals surface area contributed by atoms with Gasteiger partial charge in [0, 0.05) is 25.2 Å². The highest BCUT2D eigenvalue weighted by Gasteiger charge is 2.15. The van der Waals surface area contributed by atoms with Gasteiger partial charge in [-0.3, -0.25) is 9.59 Å². The van der Waals surface area contributed by atoms with Gasteiger partial charge in [0.2, 0.25) is 5.91 Å². The van der Waals surface area contributed by atoms with Crippen molar-refractivity contribution < 1.29 is 14.7 Å². The summed E-state index contributed by atoms with van der Waals surface area (Å²) in [5, 5.41) is 11.7. The van der Waals surface area contributed by atoms with Crippen LogP contribution in [0.25, 0.3) is 0 Å². The van der Waals surface area contributed by atoms with Crippen LogP contribution < -0.4 is 5.32 Å². The first-order valence-corrected chi connectivity index (χ1v) is 6.83. The molecule has 0 radical (unpaired) electrons. The topological polar surface area (TPSA) is 69.6 Å². The van der Waals surface area contributed by atoms with Gasteiger partial charge in [0.1, 0.15) is 0 Å². The summed E-state index contributed by atoms with van der Waals surface area (Å²) in [7, 11) is 0. The van der Waals surface area contributed by atoms with E-state index in [1.807, 2.05) is 42.2 Å². The number of carbonyl (C=O) groups excluding carboxylic acids is 1. The van der Waals surface area contributed by atoms with E-state index in [-0.39, 0.29) is 5.91 Å². The third kappa shape index (κ3) is 5.84. The standard InChI is InChI=1S/C15H22N2O3/c1-3-17(11-12(2)15(19)20)10-9-14(18)16-13-7-5-4-6-8-13/h4-8,12H,3,9-11H2,1-2H3,(H,16,18)(H,19,20). The first-order chi connectivity index (χ1) is 9.52. The number of hydrogen-bond acceptors (Lipinski definition) is 3. The number of aliphatic carboxylic acids is 1. The quantitative estimate of drug-likeness (QED) is 0.763. The van der Waals surface area contributed by atoms with Gasteiger partial charge in [0.05, 0.1) is 5.92 Å². The Labute approximate surface area is 119 Å². The number of rotatable bonds is 8. The molecule has 0 aliphatic carbocycles. The molecule has 2 N–H and O–H groups in total. The highest BCUT2D eigenvalue weighted by atomic mass is 16.4. The van der Waals surface area contributed by atoms with Crippen molar-refractivity contribution in [3.63, 3.8) is 0 Å². The molecule has 1 rings (SSSR count). The van der Waals surface area contributed by atoms with E-state index in [1.165, 1.54) is 0 Å². The maximum Gasteiger partial charge on any atom is 0.307 e. The van der Waals surface area contributed by atoms with Crippen LogP contribution in [0, 0.1) is 5.92 Å². The summed E-state index contributed by atoms with van der Waals surface area (Å²) in [6.07, 6.45) is 0.356. The number of carboxylic acid groups (broad SMARTS) is 1. The molecule has 1 aromatic carbocycles. The number of nitrogens with one attached hydrogen (secondary N) is 1. The molecule has 20 heavy (non-hydrogen) atoms. The molecule has 0 saturated heterocycles. The number of para-hydroxylation sites is 1. The molecule has 1 amide bonds. The van der Waals surface area contributed by atoms with Crippen molar-refractivity contribution in [1.29, 1.82) is 0 Å². The monoisotopic (exact) mass is 278 g/mol. The van der Waals surface area contributed by atoms with Crippen molar-refractivity contribution in [1.82, 2.24) is 4.90 Å². The van der Waals surface area contributed by atoms with Crippen LogP contribution >= 0.6 is 0 Å². The summed E-state index contributed by atoms with van der Waals surface area (Å²) in [5.74, 6) is -1.29. The van der Waals surface area contributed by atoms with Crippen molar-refractivity contribution in [3.05, 3.63) is 30.3 Å². The Morgan fingerprint density at radius 2 is 1.95 bits per heavy atom. The molecule has 5 heteroatoms. The molecule has 0 bridgehead atoms. The van der Waals surface area contributed by atoms with E-state index < -0.39 is 11.9 Å². The maximum absolute atomic E-state index is 11.8. The molecule has 0 aliphatic rings. The summed E-state index contributed by atoms with van der Waals surface area (Å²) in [5.41, 5.74) is 0.777. The molecule has 1 unspecified atom stereocenters. The largest absolute Gasteiger partial charge is 0.481 e. The minimum atomic E-state index is -0.808. The highest BCUT2D eigenvalue weighted by Crippen LogP contribution is 2.06. The van der Waals surface area contributed by atoms with Gasteiger partial charge in [-0.25, -0.2) is 0 Å². The van der Waals surface area contributed by atoms with Crippen molar-refractivity contribution in [3.8, 4) is 0 Å². The lowest BCUT2D eigenvalue weighted by Crippen LogP contribution is -2.34. The molecule has 0 fully saturated rings. The Morgan fingerprint density at radius 3 is 2.50 bits per heavy atom. The molecule has 5 nitrogen and oxygen atoms in total. The lowest BCUT2D eigenvalue weighted by molar-refractivity contribution is -0.141. The number of hydrogen-bond donors (Lipinski definition) is 2. The van der Waals surface area contributed by atoms with Crippen LogP contribution in [0.4, 0.5) is 5.69 Å². The average molecular weight is 278 g/mol.